The average Bonchev–Trinajstić information content (AvgIpc) is 2.30. The average molecular weight is 255 g/mol. The predicted octanol–water partition coefficient (Wildman–Crippen LogP) is 3.52. The van der Waals surface area contributed by atoms with Gasteiger partial charge in [0.25, 0.3) is 0 Å². The van der Waals surface area contributed by atoms with Gasteiger partial charge in [-0.2, -0.15) is 0 Å². The lowest BCUT2D eigenvalue weighted by atomic mass is 10.0. The van der Waals surface area contributed by atoms with Crippen molar-refractivity contribution in [3.05, 3.63) is 35.4 Å². The molecule has 0 fully saturated rings. The Kier molecular flexibility index (Phi) is 5.49. The molecular formula is C14H19ClO2. The zero-order valence-electron chi connectivity index (χ0n) is 10.6. The van der Waals surface area contributed by atoms with Crippen LogP contribution in [-0.2, 0) is 16.0 Å². The first kappa shape index (κ1) is 14.0. The molecule has 0 spiro atoms. The molecule has 0 aromatic heterocycles. The second kappa shape index (κ2) is 6.65. The molecule has 94 valence electrons. The van der Waals surface area contributed by atoms with Crippen LogP contribution >= 0.6 is 11.6 Å². The Morgan fingerprint density at radius 3 is 2.35 bits per heavy atom. The highest BCUT2D eigenvalue weighted by Crippen LogP contribution is 2.16. The molecule has 0 aliphatic carbocycles. The lowest BCUT2D eigenvalue weighted by molar-refractivity contribution is -0.142. The topological polar surface area (TPSA) is 26.3 Å². The van der Waals surface area contributed by atoms with Crippen molar-refractivity contribution in [1.29, 1.82) is 0 Å². The van der Waals surface area contributed by atoms with Gasteiger partial charge in [-0.25, -0.2) is 0 Å². The molecule has 2 nitrogen and oxygen atoms in total. The van der Waals surface area contributed by atoms with Gasteiger partial charge in [-0.1, -0.05) is 38.1 Å². The van der Waals surface area contributed by atoms with E-state index in [9.17, 15) is 4.79 Å². The summed E-state index contributed by atoms with van der Waals surface area (Å²) in [5.74, 6) is 0.169. The van der Waals surface area contributed by atoms with E-state index in [1.54, 1.807) is 6.92 Å². The van der Waals surface area contributed by atoms with Crippen LogP contribution in [0, 0.1) is 0 Å². The van der Waals surface area contributed by atoms with Crippen LogP contribution in [-0.4, -0.2) is 18.0 Å². The van der Waals surface area contributed by atoms with E-state index in [0.717, 1.165) is 5.56 Å². The summed E-state index contributed by atoms with van der Waals surface area (Å²) in [5.41, 5.74) is 2.35. The maximum atomic E-state index is 11.4. The molecule has 1 aromatic rings. The molecule has 3 heteroatoms. The van der Waals surface area contributed by atoms with Gasteiger partial charge in [-0.3, -0.25) is 4.79 Å². The minimum Gasteiger partial charge on any atom is -0.465 e. The van der Waals surface area contributed by atoms with E-state index in [0.29, 0.717) is 18.9 Å². The van der Waals surface area contributed by atoms with Crippen molar-refractivity contribution in [3.8, 4) is 0 Å². The standard InChI is InChI=1S/C14H19ClO2/c1-4-17-14(16)13(15)9-11-5-7-12(8-6-11)10(2)3/h5-8,10,13H,4,9H2,1-3H3. The largest absolute Gasteiger partial charge is 0.465 e. The monoisotopic (exact) mass is 254 g/mol. The van der Waals surface area contributed by atoms with Crippen molar-refractivity contribution in [2.75, 3.05) is 6.61 Å². The molecule has 0 amide bonds. The van der Waals surface area contributed by atoms with E-state index < -0.39 is 5.38 Å². The van der Waals surface area contributed by atoms with E-state index in [1.807, 2.05) is 12.1 Å². The summed E-state index contributed by atoms with van der Waals surface area (Å²) in [7, 11) is 0. The minimum atomic E-state index is -0.597. The van der Waals surface area contributed by atoms with E-state index in [1.165, 1.54) is 5.56 Å². The van der Waals surface area contributed by atoms with Gasteiger partial charge in [0.05, 0.1) is 6.61 Å². The van der Waals surface area contributed by atoms with Crippen LogP contribution in [0.4, 0.5) is 0 Å². The van der Waals surface area contributed by atoms with Crippen molar-refractivity contribution in [1.82, 2.24) is 0 Å². The minimum absolute atomic E-state index is 0.345. The fourth-order valence-electron chi connectivity index (χ4n) is 1.56. The van der Waals surface area contributed by atoms with Gasteiger partial charge < -0.3 is 4.74 Å². The van der Waals surface area contributed by atoms with Crippen LogP contribution < -0.4 is 0 Å². The molecule has 0 heterocycles. The summed E-state index contributed by atoms with van der Waals surface area (Å²) >= 11 is 5.97. The first-order valence-corrected chi connectivity index (χ1v) is 6.37. The first-order valence-electron chi connectivity index (χ1n) is 5.94. The number of hydrogen-bond donors (Lipinski definition) is 0. The van der Waals surface area contributed by atoms with Gasteiger partial charge in [-0.15, -0.1) is 11.6 Å². The van der Waals surface area contributed by atoms with Gasteiger partial charge in [0, 0.05) is 0 Å². The summed E-state index contributed by atoms with van der Waals surface area (Å²) in [6.45, 7) is 6.45. The number of benzene rings is 1. The van der Waals surface area contributed by atoms with Crippen LogP contribution in [0.1, 0.15) is 37.8 Å². The molecule has 0 saturated carbocycles. The number of ether oxygens (including phenoxy) is 1. The third kappa shape index (κ3) is 4.39. The molecule has 0 aliphatic rings. The van der Waals surface area contributed by atoms with E-state index in [4.69, 9.17) is 16.3 Å². The quantitative estimate of drug-likeness (QED) is 0.594. The Hall–Kier alpha value is -1.02. The molecule has 0 N–H and O–H groups in total. The molecule has 1 unspecified atom stereocenters. The molecule has 1 atom stereocenters. The highest BCUT2D eigenvalue weighted by Gasteiger charge is 2.16. The number of halogens is 1. The number of esters is 1. The van der Waals surface area contributed by atoms with Crippen molar-refractivity contribution in [3.63, 3.8) is 0 Å². The molecule has 17 heavy (non-hydrogen) atoms. The van der Waals surface area contributed by atoms with Crippen LogP contribution in [0.15, 0.2) is 24.3 Å². The summed E-state index contributed by atoms with van der Waals surface area (Å²) < 4.78 is 4.87. The zero-order chi connectivity index (χ0) is 12.8. The van der Waals surface area contributed by atoms with Gasteiger partial charge in [-0.05, 0) is 30.4 Å². The van der Waals surface area contributed by atoms with Crippen LogP contribution in [0.5, 0.6) is 0 Å². The van der Waals surface area contributed by atoms with E-state index in [2.05, 4.69) is 26.0 Å². The number of rotatable bonds is 5. The molecule has 0 bridgehead atoms. The van der Waals surface area contributed by atoms with Crippen molar-refractivity contribution < 1.29 is 9.53 Å². The third-order valence-electron chi connectivity index (χ3n) is 2.60. The normalized spacial score (nSPS) is 12.5. The Morgan fingerprint density at radius 2 is 1.88 bits per heavy atom. The predicted molar refractivity (Wildman–Crippen MR) is 70.5 cm³/mol. The van der Waals surface area contributed by atoms with E-state index >= 15 is 0 Å². The van der Waals surface area contributed by atoms with Crippen molar-refractivity contribution >= 4 is 17.6 Å². The fraction of sp³-hybridized carbons (Fsp3) is 0.500. The second-order valence-electron chi connectivity index (χ2n) is 4.32. The third-order valence-corrected chi connectivity index (χ3v) is 2.94. The second-order valence-corrected chi connectivity index (χ2v) is 4.85. The Labute approximate surface area is 108 Å². The van der Waals surface area contributed by atoms with Gasteiger partial charge in [0.1, 0.15) is 5.38 Å². The zero-order valence-corrected chi connectivity index (χ0v) is 11.3. The summed E-state index contributed by atoms with van der Waals surface area (Å²) in [4.78, 5) is 11.4. The molecule has 0 radical (unpaired) electrons. The molecule has 0 aliphatic heterocycles. The van der Waals surface area contributed by atoms with Crippen LogP contribution in [0.3, 0.4) is 0 Å². The number of alkyl halides is 1. The highest BCUT2D eigenvalue weighted by atomic mass is 35.5. The Balaban J connectivity index is 2.60. The number of hydrogen-bond acceptors (Lipinski definition) is 2. The van der Waals surface area contributed by atoms with Gasteiger partial charge in [0.2, 0.25) is 0 Å². The van der Waals surface area contributed by atoms with Gasteiger partial charge in [0.15, 0.2) is 0 Å². The maximum Gasteiger partial charge on any atom is 0.324 e. The van der Waals surface area contributed by atoms with E-state index in [-0.39, 0.29) is 5.97 Å². The summed E-state index contributed by atoms with van der Waals surface area (Å²) in [6.07, 6.45) is 0.513. The SMILES string of the molecule is CCOC(=O)C(Cl)Cc1ccc(C(C)C)cc1. The Morgan fingerprint density at radius 1 is 1.29 bits per heavy atom. The summed E-state index contributed by atoms with van der Waals surface area (Å²) in [6, 6.07) is 8.19. The fourth-order valence-corrected chi connectivity index (χ4v) is 1.80. The number of carbonyl (C=O) groups is 1. The van der Waals surface area contributed by atoms with Crippen LogP contribution in [0.2, 0.25) is 0 Å². The summed E-state index contributed by atoms with van der Waals surface area (Å²) in [5, 5.41) is -0.597. The Bertz CT molecular complexity index is 357. The molecule has 0 saturated heterocycles. The van der Waals surface area contributed by atoms with Crippen molar-refractivity contribution in [2.45, 2.75) is 38.5 Å². The molecule has 1 aromatic carbocycles. The first-order chi connectivity index (χ1) is 8.04. The smallest absolute Gasteiger partial charge is 0.324 e. The lowest BCUT2D eigenvalue weighted by Crippen LogP contribution is -2.20. The van der Waals surface area contributed by atoms with Crippen molar-refractivity contribution in [2.24, 2.45) is 0 Å². The highest BCUT2D eigenvalue weighted by molar-refractivity contribution is 6.30. The molecular weight excluding hydrogens is 236 g/mol. The maximum absolute atomic E-state index is 11.4. The molecule has 1 rings (SSSR count). The lowest BCUT2D eigenvalue weighted by Gasteiger charge is -2.10. The number of carbonyl (C=O) groups excluding carboxylic acids is 1. The van der Waals surface area contributed by atoms with Gasteiger partial charge >= 0.3 is 5.97 Å². The van der Waals surface area contributed by atoms with Crippen LogP contribution in [0.25, 0.3) is 0 Å².